The molecule has 0 spiro atoms. The normalized spacial score (nSPS) is 16.3. The van der Waals surface area contributed by atoms with E-state index in [1.54, 1.807) is 10.8 Å². The van der Waals surface area contributed by atoms with Gasteiger partial charge < -0.3 is 0 Å². The number of pyridine rings is 2. The Labute approximate surface area is 160 Å². The molecule has 1 aliphatic rings. The van der Waals surface area contributed by atoms with Crippen LogP contribution in [-0.2, 0) is 6.18 Å². The van der Waals surface area contributed by atoms with Crippen LogP contribution in [0.1, 0.15) is 18.2 Å². The van der Waals surface area contributed by atoms with Crippen molar-refractivity contribution >= 4 is 23.3 Å². The lowest BCUT2D eigenvalue weighted by Crippen LogP contribution is -2.28. The van der Waals surface area contributed by atoms with Crippen LogP contribution in [0.5, 0.6) is 0 Å². The molecule has 4 heterocycles. The highest BCUT2D eigenvalue weighted by Gasteiger charge is 2.33. The second kappa shape index (κ2) is 6.23. The molecular weight excluding hydrogens is 388 g/mol. The zero-order chi connectivity index (χ0) is 20.2. The van der Waals surface area contributed by atoms with Crippen molar-refractivity contribution in [1.29, 1.82) is 0 Å². The predicted octanol–water partition coefficient (Wildman–Crippen LogP) is 2.58. The second-order valence-electron chi connectivity index (χ2n) is 6.62. The standard InChI is InChI=1S/C19H12F4N6/c20-11-1-3-14(24-9-11)17-26-15-5-6-16(19(21,22)23)27-18(15)29(17)12-2-4-13-10(7-12)8-25-28-13/h1,3-9,12,28H,2H2. The van der Waals surface area contributed by atoms with Gasteiger partial charge in [-0.25, -0.2) is 19.3 Å². The molecule has 10 heteroatoms. The van der Waals surface area contributed by atoms with Gasteiger partial charge in [-0.1, -0.05) is 12.2 Å². The number of nitrogens with zero attached hydrogens (tertiary/aromatic N) is 5. The molecule has 146 valence electrons. The summed E-state index contributed by atoms with van der Waals surface area (Å²) in [5.41, 5.74) is -0.286. The molecule has 0 amide bonds. The first-order chi connectivity index (χ1) is 13.9. The molecule has 1 aliphatic carbocycles. The van der Waals surface area contributed by atoms with Gasteiger partial charge in [0.15, 0.2) is 11.5 Å². The average Bonchev–Trinajstić information content (AvgIpc) is 3.31. The molecule has 0 aliphatic heterocycles. The van der Waals surface area contributed by atoms with E-state index in [4.69, 9.17) is 0 Å². The highest BCUT2D eigenvalue weighted by Crippen LogP contribution is 2.33. The van der Waals surface area contributed by atoms with Crippen molar-refractivity contribution in [2.24, 2.45) is 0 Å². The molecule has 6 nitrogen and oxygen atoms in total. The first-order valence-electron chi connectivity index (χ1n) is 8.70. The molecular formula is C19H12F4N6. The van der Waals surface area contributed by atoms with Gasteiger partial charge in [0, 0.05) is 5.22 Å². The molecule has 0 aromatic carbocycles. The van der Waals surface area contributed by atoms with Gasteiger partial charge in [-0.3, -0.25) is 9.67 Å². The molecule has 0 bridgehead atoms. The van der Waals surface area contributed by atoms with Crippen molar-refractivity contribution in [2.75, 3.05) is 0 Å². The van der Waals surface area contributed by atoms with Crippen LogP contribution in [0.25, 0.3) is 34.8 Å². The number of hydrogen-bond donors (Lipinski definition) is 1. The van der Waals surface area contributed by atoms with Gasteiger partial charge in [-0.2, -0.15) is 18.3 Å². The Morgan fingerprint density at radius 1 is 1.07 bits per heavy atom. The van der Waals surface area contributed by atoms with Crippen molar-refractivity contribution in [2.45, 2.75) is 18.6 Å². The topological polar surface area (TPSA) is 72.3 Å². The van der Waals surface area contributed by atoms with Gasteiger partial charge in [-0.15, -0.1) is 0 Å². The smallest absolute Gasteiger partial charge is 0.300 e. The summed E-state index contributed by atoms with van der Waals surface area (Å²) in [4.78, 5) is 12.3. The fourth-order valence-electron chi connectivity index (χ4n) is 3.43. The largest absolute Gasteiger partial charge is 0.433 e. The summed E-state index contributed by atoms with van der Waals surface area (Å²) in [6.45, 7) is 0. The molecule has 4 aromatic heterocycles. The van der Waals surface area contributed by atoms with E-state index in [0.29, 0.717) is 23.5 Å². The molecule has 0 saturated carbocycles. The zero-order valence-corrected chi connectivity index (χ0v) is 14.7. The molecule has 4 aromatic rings. The minimum absolute atomic E-state index is 0.0857. The fraction of sp³-hybridized carbons (Fsp3) is 0.158. The Hall–Kier alpha value is -3.56. The number of alkyl halides is 3. The van der Waals surface area contributed by atoms with Gasteiger partial charge in [0.1, 0.15) is 22.7 Å². The Morgan fingerprint density at radius 3 is 2.69 bits per heavy atom. The van der Waals surface area contributed by atoms with Crippen LogP contribution in [0.15, 0.2) is 36.7 Å². The summed E-state index contributed by atoms with van der Waals surface area (Å²) < 4.78 is 54.7. The van der Waals surface area contributed by atoms with Crippen LogP contribution in [0.2, 0.25) is 0 Å². The SMILES string of the molecule is Fc1ccc(-c2nc3ccc(C(F)(F)F)nc3n2C2C=c3cn[nH]c3=CC2)nc1. The number of nitrogens with one attached hydrogen (secondary N) is 1. The molecule has 0 radical (unpaired) electrons. The third kappa shape index (κ3) is 2.96. The maximum absolute atomic E-state index is 13.3. The van der Waals surface area contributed by atoms with Crippen LogP contribution in [0.3, 0.4) is 0 Å². The quantitative estimate of drug-likeness (QED) is 0.525. The van der Waals surface area contributed by atoms with E-state index in [9.17, 15) is 17.6 Å². The summed E-state index contributed by atoms with van der Waals surface area (Å²) >= 11 is 0. The molecule has 1 N–H and O–H groups in total. The van der Waals surface area contributed by atoms with E-state index >= 15 is 0 Å². The van der Waals surface area contributed by atoms with Crippen LogP contribution in [0.4, 0.5) is 17.6 Å². The number of aromatic amines is 1. The third-order valence-corrected chi connectivity index (χ3v) is 4.75. The van der Waals surface area contributed by atoms with E-state index < -0.39 is 17.7 Å². The summed E-state index contributed by atoms with van der Waals surface area (Å²) in [5.74, 6) is -0.206. The molecule has 0 saturated heterocycles. The molecule has 1 unspecified atom stereocenters. The van der Waals surface area contributed by atoms with E-state index in [-0.39, 0.29) is 11.7 Å². The number of aromatic nitrogens is 6. The lowest BCUT2D eigenvalue weighted by molar-refractivity contribution is -0.141. The fourth-order valence-corrected chi connectivity index (χ4v) is 3.43. The number of fused-ring (bicyclic) bond motifs is 2. The van der Waals surface area contributed by atoms with E-state index in [1.165, 1.54) is 18.2 Å². The Morgan fingerprint density at radius 2 is 1.93 bits per heavy atom. The summed E-state index contributed by atoms with van der Waals surface area (Å²) in [7, 11) is 0. The number of H-pyrrole nitrogens is 1. The second-order valence-corrected chi connectivity index (χ2v) is 6.62. The first kappa shape index (κ1) is 17.5. The van der Waals surface area contributed by atoms with Crippen molar-refractivity contribution in [1.82, 2.24) is 29.7 Å². The molecule has 0 fully saturated rings. The van der Waals surface area contributed by atoms with Gasteiger partial charge >= 0.3 is 6.18 Å². The average molecular weight is 400 g/mol. The lowest BCUT2D eigenvalue weighted by Gasteiger charge is -2.18. The number of hydrogen-bond acceptors (Lipinski definition) is 4. The number of imidazole rings is 1. The number of rotatable bonds is 2. The minimum atomic E-state index is -4.59. The highest BCUT2D eigenvalue weighted by atomic mass is 19.4. The van der Waals surface area contributed by atoms with E-state index in [0.717, 1.165) is 22.8 Å². The summed E-state index contributed by atoms with van der Waals surface area (Å²) in [6, 6.07) is 4.48. The van der Waals surface area contributed by atoms with Crippen molar-refractivity contribution in [3.05, 3.63) is 58.7 Å². The van der Waals surface area contributed by atoms with Crippen LogP contribution in [0, 0.1) is 5.82 Å². The maximum Gasteiger partial charge on any atom is 0.433 e. The maximum atomic E-state index is 13.3. The van der Waals surface area contributed by atoms with Crippen molar-refractivity contribution in [3.8, 4) is 11.5 Å². The van der Waals surface area contributed by atoms with Gasteiger partial charge in [0.2, 0.25) is 0 Å². The van der Waals surface area contributed by atoms with Crippen LogP contribution < -0.4 is 10.6 Å². The molecule has 29 heavy (non-hydrogen) atoms. The van der Waals surface area contributed by atoms with Crippen LogP contribution in [-0.4, -0.2) is 29.7 Å². The van der Waals surface area contributed by atoms with E-state index in [2.05, 4.69) is 25.1 Å². The van der Waals surface area contributed by atoms with Gasteiger partial charge in [0.25, 0.3) is 0 Å². The Balaban J connectivity index is 1.78. The predicted molar refractivity (Wildman–Crippen MR) is 96.1 cm³/mol. The van der Waals surface area contributed by atoms with Crippen LogP contribution >= 0.6 is 0 Å². The first-order valence-corrected chi connectivity index (χ1v) is 8.70. The molecule has 5 rings (SSSR count). The monoisotopic (exact) mass is 400 g/mol. The van der Waals surface area contributed by atoms with Gasteiger partial charge in [-0.05, 0) is 30.7 Å². The Kier molecular flexibility index (Phi) is 3.76. The van der Waals surface area contributed by atoms with Gasteiger partial charge in [0.05, 0.1) is 23.8 Å². The van der Waals surface area contributed by atoms with Crippen molar-refractivity contribution in [3.63, 3.8) is 0 Å². The number of halogens is 4. The summed E-state index contributed by atoms with van der Waals surface area (Å²) in [6.07, 6.45) is 2.38. The zero-order valence-electron chi connectivity index (χ0n) is 14.7. The molecule has 1 atom stereocenters. The van der Waals surface area contributed by atoms with Crippen molar-refractivity contribution < 1.29 is 17.6 Å². The van der Waals surface area contributed by atoms with E-state index in [1.807, 2.05) is 12.2 Å². The highest BCUT2D eigenvalue weighted by molar-refractivity contribution is 5.77. The Bertz CT molecular complexity index is 1330. The lowest BCUT2D eigenvalue weighted by atomic mass is 10.1. The minimum Gasteiger partial charge on any atom is -0.300 e. The third-order valence-electron chi connectivity index (χ3n) is 4.75. The summed E-state index contributed by atoms with van der Waals surface area (Å²) in [5, 5.41) is 8.52.